The van der Waals surface area contributed by atoms with Gasteiger partial charge in [0.2, 0.25) is 6.10 Å². The third kappa shape index (κ3) is 3.68. The Kier molecular flexibility index (Phi) is 4.72. The van der Waals surface area contributed by atoms with E-state index < -0.39 is 24.0 Å². The molecule has 2 atom stereocenters. The van der Waals surface area contributed by atoms with Crippen LogP contribution in [0.3, 0.4) is 0 Å². The highest BCUT2D eigenvalue weighted by atomic mass is 16.6. The van der Waals surface area contributed by atoms with E-state index in [4.69, 9.17) is 0 Å². The number of methoxy groups -OCH3 is 1. The van der Waals surface area contributed by atoms with E-state index in [1.165, 1.54) is 6.92 Å². The Balaban J connectivity index is 4.44. The molecule has 13 heavy (non-hydrogen) atoms. The smallest absolute Gasteiger partial charge is 0.347 e. The minimum atomic E-state index is -1.14. The van der Waals surface area contributed by atoms with Crippen LogP contribution in [0.4, 0.5) is 0 Å². The van der Waals surface area contributed by atoms with Crippen LogP contribution in [-0.4, -0.2) is 31.4 Å². The van der Waals surface area contributed by atoms with Gasteiger partial charge in [0.25, 0.3) is 0 Å². The number of esters is 2. The maximum absolute atomic E-state index is 11.0. The molecule has 0 fully saturated rings. The summed E-state index contributed by atoms with van der Waals surface area (Å²) in [5.74, 6) is -2.05. The number of carbonyl (C=O) groups excluding carboxylic acids is 3. The second-order valence-electron chi connectivity index (χ2n) is 2.55. The van der Waals surface area contributed by atoms with E-state index in [9.17, 15) is 14.4 Å². The standard InChI is InChI=1S/C8H12O5/c1-5(4-9)7(8(11)12-3)13-6(2)10/h4-5,7H,1-3H3. The minimum Gasteiger partial charge on any atom is -0.466 e. The van der Waals surface area contributed by atoms with Gasteiger partial charge in [-0.3, -0.25) is 4.79 Å². The third-order valence-corrected chi connectivity index (χ3v) is 1.42. The van der Waals surface area contributed by atoms with Gasteiger partial charge < -0.3 is 14.3 Å². The van der Waals surface area contributed by atoms with Crippen molar-refractivity contribution in [1.82, 2.24) is 0 Å². The van der Waals surface area contributed by atoms with Crippen LogP contribution in [0, 0.1) is 5.92 Å². The quantitative estimate of drug-likeness (QED) is 0.456. The molecule has 0 saturated carbocycles. The molecule has 5 nitrogen and oxygen atoms in total. The molecule has 0 aromatic carbocycles. The van der Waals surface area contributed by atoms with E-state index in [0.717, 1.165) is 14.0 Å². The SMILES string of the molecule is COC(=O)C(OC(C)=O)C(C)C=O. The Morgan fingerprint density at radius 3 is 2.23 bits per heavy atom. The molecule has 0 spiro atoms. The van der Waals surface area contributed by atoms with Gasteiger partial charge >= 0.3 is 11.9 Å². The molecule has 0 bridgehead atoms. The van der Waals surface area contributed by atoms with E-state index in [2.05, 4.69) is 9.47 Å². The number of ether oxygens (including phenoxy) is 2. The fourth-order valence-corrected chi connectivity index (χ4v) is 0.736. The van der Waals surface area contributed by atoms with Crippen LogP contribution in [0.25, 0.3) is 0 Å². The van der Waals surface area contributed by atoms with Crippen molar-refractivity contribution in [3.05, 3.63) is 0 Å². The molecular weight excluding hydrogens is 176 g/mol. The molecule has 0 aliphatic heterocycles. The van der Waals surface area contributed by atoms with Crippen molar-refractivity contribution in [2.75, 3.05) is 7.11 Å². The van der Waals surface area contributed by atoms with Crippen molar-refractivity contribution < 1.29 is 23.9 Å². The van der Waals surface area contributed by atoms with Gasteiger partial charge in [-0.15, -0.1) is 0 Å². The van der Waals surface area contributed by atoms with Crippen LogP contribution in [0.1, 0.15) is 13.8 Å². The molecule has 0 aromatic rings. The number of rotatable bonds is 4. The topological polar surface area (TPSA) is 69.7 Å². The first kappa shape index (κ1) is 11.6. The lowest BCUT2D eigenvalue weighted by molar-refractivity contribution is -0.168. The summed E-state index contributed by atoms with van der Waals surface area (Å²) < 4.78 is 8.97. The highest BCUT2D eigenvalue weighted by molar-refractivity contribution is 5.81. The fraction of sp³-hybridized carbons (Fsp3) is 0.625. The van der Waals surface area contributed by atoms with E-state index >= 15 is 0 Å². The normalized spacial score (nSPS) is 14.1. The lowest BCUT2D eigenvalue weighted by atomic mass is 10.1. The van der Waals surface area contributed by atoms with Gasteiger partial charge in [-0.05, 0) is 0 Å². The van der Waals surface area contributed by atoms with Gasteiger partial charge in [-0.25, -0.2) is 4.79 Å². The first-order valence-corrected chi connectivity index (χ1v) is 3.73. The van der Waals surface area contributed by atoms with Gasteiger partial charge in [-0.1, -0.05) is 6.92 Å². The average molecular weight is 188 g/mol. The summed E-state index contributed by atoms with van der Waals surface area (Å²) in [4.78, 5) is 31.9. The highest BCUT2D eigenvalue weighted by Gasteiger charge is 2.28. The summed E-state index contributed by atoms with van der Waals surface area (Å²) in [6.45, 7) is 2.63. The van der Waals surface area contributed by atoms with Crippen molar-refractivity contribution in [1.29, 1.82) is 0 Å². The van der Waals surface area contributed by atoms with Crippen molar-refractivity contribution in [3.8, 4) is 0 Å². The summed E-state index contributed by atoms with van der Waals surface area (Å²) in [6, 6.07) is 0. The predicted octanol–water partition coefficient (Wildman–Crippen LogP) is -0.0739. The highest BCUT2D eigenvalue weighted by Crippen LogP contribution is 2.07. The molecule has 2 unspecified atom stereocenters. The van der Waals surface area contributed by atoms with Crippen molar-refractivity contribution in [3.63, 3.8) is 0 Å². The molecule has 0 aliphatic carbocycles. The van der Waals surface area contributed by atoms with E-state index in [1.807, 2.05) is 0 Å². The first-order valence-electron chi connectivity index (χ1n) is 3.73. The second-order valence-corrected chi connectivity index (χ2v) is 2.55. The molecule has 0 aliphatic rings. The zero-order valence-electron chi connectivity index (χ0n) is 7.77. The Morgan fingerprint density at radius 2 is 1.92 bits per heavy atom. The van der Waals surface area contributed by atoms with Crippen molar-refractivity contribution in [2.45, 2.75) is 20.0 Å². The molecule has 0 amide bonds. The summed E-state index contributed by atoms with van der Waals surface area (Å²) in [7, 11) is 1.16. The molecule has 0 aromatic heterocycles. The number of hydrogen-bond acceptors (Lipinski definition) is 5. The largest absolute Gasteiger partial charge is 0.466 e. The van der Waals surface area contributed by atoms with Crippen LogP contribution in [-0.2, 0) is 23.9 Å². The zero-order chi connectivity index (χ0) is 10.4. The van der Waals surface area contributed by atoms with Crippen molar-refractivity contribution in [2.24, 2.45) is 5.92 Å². The molecule has 0 heterocycles. The Hall–Kier alpha value is -1.39. The fourth-order valence-electron chi connectivity index (χ4n) is 0.736. The molecule has 0 rings (SSSR count). The Bertz CT molecular complexity index is 211. The van der Waals surface area contributed by atoms with Gasteiger partial charge in [-0.2, -0.15) is 0 Å². The van der Waals surface area contributed by atoms with Crippen LogP contribution in [0.2, 0.25) is 0 Å². The van der Waals surface area contributed by atoms with Crippen LogP contribution in [0.15, 0.2) is 0 Å². The second kappa shape index (κ2) is 5.29. The lowest BCUT2D eigenvalue weighted by Crippen LogP contribution is -2.34. The van der Waals surface area contributed by atoms with Gasteiger partial charge in [0.1, 0.15) is 6.29 Å². The van der Waals surface area contributed by atoms with E-state index in [0.29, 0.717) is 6.29 Å². The molecule has 5 heteroatoms. The monoisotopic (exact) mass is 188 g/mol. The van der Waals surface area contributed by atoms with Gasteiger partial charge in [0.15, 0.2) is 0 Å². The summed E-state index contributed by atoms with van der Waals surface area (Å²) >= 11 is 0. The summed E-state index contributed by atoms with van der Waals surface area (Å²) in [5, 5.41) is 0. The zero-order valence-corrected chi connectivity index (χ0v) is 7.77. The Labute approximate surface area is 76.0 Å². The van der Waals surface area contributed by atoms with E-state index in [1.54, 1.807) is 0 Å². The molecule has 74 valence electrons. The first-order chi connectivity index (χ1) is 6.02. The van der Waals surface area contributed by atoms with Crippen LogP contribution >= 0.6 is 0 Å². The molecule has 0 saturated heterocycles. The summed E-state index contributed by atoms with van der Waals surface area (Å²) in [6.07, 6.45) is -0.607. The van der Waals surface area contributed by atoms with Crippen molar-refractivity contribution >= 4 is 18.2 Å². The number of carbonyl (C=O) groups is 3. The Morgan fingerprint density at radius 1 is 1.38 bits per heavy atom. The molecule has 0 N–H and O–H groups in total. The molecular formula is C8H12O5. The number of aldehydes is 1. The van der Waals surface area contributed by atoms with Crippen LogP contribution < -0.4 is 0 Å². The van der Waals surface area contributed by atoms with Gasteiger partial charge in [0, 0.05) is 6.92 Å². The van der Waals surface area contributed by atoms with Crippen LogP contribution in [0.5, 0.6) is 0 Å². The summed E-state index contributed by atoms with van der Waals surface area (Å²) in [5.41, 5.74) is 0. The lowest BCUT2D eigenvalue weighted by Gasteiger charge is -2.16. The maximum atomic E-state index is 11.0. The predicted molar refractivity (Wildman–Crippen MR) is 42.8 cm³/mol. The van der Waals surface area contributed by atoms with E-state index in [-0.39, 0.29) is 0 Å². The average Bonchev–Trinajstić information content (AvgIpc) is 2.11. The third-order valence-electron chi connectivity index (χ3n) is 1.42. The maximum Gasteiger partial charge on any atom is 0.347 e. The minimum absolute atomic E-state index is 0.532. The number of hydrogen-bond donors (Lipinski definition) is 0. The van der Waals surface area contributed by atoms with Gasteiger partial charge in [0.05, 0.1) is 13.0 Å². The molecule has 0 radical (unpaired) electrons.